The third-order valence-electron chi connectivity index (χ3n) is 6.27. The SMILES string of the molecule is CN1CCN(Cc2nc3cc(NC(=O)COc4ccccc4C(C)(C)C)ccc3n2C)CC1. The van der Waals surface area contributed by atoms with E-state index >= 15 is 0 Å². The molecule has 0 saturated carbocycles. The number of ether oxygens (including phenoxy) is 1. The number of nitrogens with zero attached hydrogens (tertiary/aromatic N) is 4. The molecule has 1 saturated heterocycles. The summed E-state index contributed by atoms with van der Waals surface area (Å²) in [5, 5.41) is 2.95. The number of imidazole rings is 1. The average molecular weight is 450 g/mol. The van der Waals surface area contributed by atoms with Crippen LogP contribution in [0.1, 0.15) is 32.2 Å². The van der Waals surface area contributed by atoms with Gasteiger partial charge in [-0.05, 0) is 42.3 Å². The molecule has 1 amide bonds. The van der Waals surface area contributed by atoms with Crippen LogP contribution in [0.5, 0.6) is 5.75 Å². The van der Waals surface area contributed by atoms with E-state index in [9.17, 15) is 4.79 Å². The van der Waals surface area contributed by atoms with Gasteiger partial charge in [0.25, 0.3) is 5.91 Å². The number of benzene rings is 2. The number of likely N-dealkylation sites (N-methyl/N-ethyl adjacent to an activating group) is 1. The fourth-order valence-corrected chi connectivity index (χ4v) is 4.23. The van der Waals surface area contributed by atoms with Crippen LogP contribution in [-0.2, 0) is 23.8 Å². The van der Waals surface area contributed by atoms with Crippen LogP contribution < -0.4 is 10.1 Å². The van der Waals surface area contributed by atoms with Gasteiger partial charge in [0.15, 0.2) is 6.61 Å². The van der Waals surface area contributed by atoms with Gasteiger partial charge in [0, 0.05) is 38.9 Å². The van der Waals surface area contributed by atoms with Crippen molar-refractivity contribution in [3.63, 3.8) is 0 Å². The number of para-hydroxylation sites is 1. The summed E-state index contributed by atoms with van der Waals surface area (Å²) in [4.78, 5) is 22.2. The van der Waals surface area contributed by atoms with Crippen molar-refractivity contribution >= 4 is 22.6 Å². The van der Waals surface area contributed by atoms with Crippen LogP contribution in [0.15, 0.2) is 42.5 Å². The summed E-state index contributed by atoms with van der Waals surface area (Å²) < 4.78 is 8.00. The molecule has 1 aliphatic rings. The third kappa shape index (κ3) is 5.54. The topological polar surface area (TPSA) is 62.6 Å². The van der Waals surface area contributed by atoms with E-state index in [4.69, 9.17) is 9.72 Å². The summed E-state index contributed by atoms with van der Waals surface area (Å²) in [5.74, 6) is 1.60. The number of aryl methyl sites for hydroxylation is 1. The van der Waals surface area contributed by atoms with Gasteiger partial charge in [-0.1, -0.05) is 39.0 Å². The van der Waals surface area contributed by atoms with Crippen LogP contribution in [-0.4, -0.2) is 65.1 Å². The molecule has 33 heavy (non-hydrogen) atoms. The first kappa shape index (κ1) is 23.3. The van der Waals surface area contributed by atoms with E-state index in [-0.39, 0.29) is 17.9 Å². The minimum atomic E-state index is -0.188. The van der Waals surface area contributed by atoms with Crippen molar-refractivity contribution in [3.8, 4) is 5.75 Å². The van der Waals surface area contributed by atoms with Gasteiger partial charge in [0.1, 0.15) is 11.6 Å². The molecule has 1 N–H and O–H groups in total. The lowest BCUT2D eigenvalue weighted by Gasteiger charge is -2.31. The summed E-state index contributed by atoms with van der Waals surface area (Å²) in [6.07, 6.45) is 0. The lowest BCUT2D eigenvalue weighted by atomic mass is 9.86. The van der Waals surface area contributed by atoms with Gasteiger partial charge in [0.2, 0.25) is 0 Å². The number of aromatic nitrogens is 2. The van der Waals surface area contributed by atoms with E-state index in [0.717, 1.165) is 66.6 Å². The molecule has 1 aromatic heterocycles. The first-order valence-electron chi connectivity index (χ1n) is 11.6. The van der Waals surface area contributed by atoms with Gasteiger partial charge >= 0.3 is 0 Å². The highest BCUT2D eigenvalue weighted by Gasteiger charge is 2.20. The number of amides is 1. The molecule has 7 nitrogen and oxygen atoms in total. The Hall–Kier alpha value is -2.90. The van der Waals surface area contributed by atoms with E-state index in [1.165, 1.54) is 0 Å². The van der Waals surface area contributed by atoms with E-state index in [0.29, 0.717) is 0 Å². The molecular formula is C26H35N5O2. The number of carbonyl (C=O) groups is 1. The van der Waals surface area contributed by atoms with E-state index in [1.807, 2.05) is 42.5 Å². The second kappa shape index (κ2) is 9.53. The van der Waals surface area contributed by atoms with Gasteiger partial charge in [-0.2, -0.15) is 0 Å². The van der Waals surface area contributed by atoms with Crippen molar-refractivity contribution < 1.29 is 9.53 Å². The molecule has 176 valence electrons. The zero-order valence-corrected chi connectivity index (χ0v) is 20.4. The fourth-order valence-electron chi connectivity index (χ4n) is 4.23. The second-order valence-corrected chi connectivity index (χ2v) is 9.95. The van der Waals surface area contributed by atoms with Crippen molar-refractivity contribution in [1.29, 1.82) is 0 Å². The Balaban J connectivity index is 1.40. The predicted octanol–water partition coefficient (Wildman–Crippen LogP) is 3.64. The van der Waals surface area contributed by atoms with Crippen LogP contribution in [0.3, 0.4) is 0 Å². The van der Waals surface area contributed by atoms with Crippen LogP contribution in [0, 0.1) is 0 Å². The molecule has 7 heteroatoms. The molecule has 0 spiro atoms. The van der Waals surface area contributed by atoms with Crippen molar-refractivity contribution in [1.82, 2.24) is 19.4 Å². The highest BCUT2D eigenvalue weighted by molar-refractivity contribution is 5.94. The van der Waals surface area contributed by atoms with Gasteiger partial charge in [-0.25, -0.2) is 4.98 Å². The molecular weight excluding hydrogens is 414 g/mol. The first-order valence-corrected chi connectivity index (χ1v) is 11.6. The normalized spacial score (nSPS) is 15.7. The summed E-state index contributed by atoms with van der Waals surface area (Å²) in [6.45, 7) is 11.5. The molecule has 0 atom stereocenters. The van der Waals surface area contributed by atoms with E-state index in [1.54, 1.807) is 0 Å². The molecule has 0 unspecified atom stereocenters. The molecule has 0 radical (unpaired) electrons. The molecule has 0 aliphatic carbocycles. The quantitative estimate of drug-likeness (QED) is 0.623. The van der Waals surface area contributed by atoms with Crippen LogP contribution >= 0.6 is 0 Å². The number of nitrogens with one attached hydrogen (secondary N) is 1. The number of carbonyl (C=O) groups excluding carboxylic acids is 1. The monoisotopic (exact) mass is 449 g/mol. The Bertz CT molecular complexity index is 1120. The number of fused-ring (bicyclic) bond motifs is 1. The largest absolute Gasteiger partial charge is 0.483 e. The zero-order chi connectivity index (χ0) is 23.6. The number of hydrogen-bond acceptors (Lipinski definition) is 5. The molecule has 1 aliphatic heterocycles. The molecule has 4 rings (SSSR count). The second-order valence-electron chi connectivity index (χ2n) is 9.95. The number of rotatable bonds is 6. The predicted molar refractivity (Wildman–Crippen MR) is 133 cm³/mol. The maximum absolute atomic E-state index is 12.6. The van der Waals surface area contributed by atoms with Crippen LogP contribution in [0.25, 0.3) is 11.0 Å². The molecule has 0 bridgehead atoms. The van der Waals surface area contributed by atoms with Gasteiger partial charge in [-0.15, -0.1) is 0 Å². The minimum absolute atomic E-state index is 0.0397. The van der Waals surface area contributed by atoms with E-state index < -0.39 is 0 Å². The Morgan fingerprint density at radius 1 is 1.06 bits per heavy atom. The Morgan fingerprint density at radius 2 is 1.79 bits per heavy atom. The lowest BCUT2D eigenvalue weighted by Crippen LogP contribution is -2.44. The highest BCUT2D eigenvalue weighted by Crippen LogP contribution is 2.31. The van der Waals surface area contributed by atoms with Crippen LogP contribution in [0.2, 0.25) is 0 Å². The number of piperazine rings is 1. The lowest BCUT2D eigenvalue weighted by molar-refractivity contribution is -0.118. The summed E-state index contributed by atoms with van der Waals surface area (Å²) in [5.41, 5.74) is 3.70. The number of hydrogen-bond donors (Lipinski definition) is 1. The molecule has 1 fully saturated rings. The van der Waals surface area contributed by atoms with Crippen molar-refractivity contribution in [2.45, 2.75) is 32.7 Å². The first-order chi connectivity index (χ1) is 15.7. The van der Waals surface area contributed by atoms with Crippen molar-refractivity contribution in [3.05, 3.63) is 53.9 Å². The molecule has 2 heterocycles. The summed E-state index contributed by atoms with van der Waals surface area (Å²) >= 11 is 0. The average Bonchev–Trinajstić information content (AvgIpc) is 3.08. The van der Waals surface area contributed by atoms with Gasteiger partial charge in [0.05, 0.1) is 17.6 Å². The van der Waals surface area contributed by atoms with Gasteiger partial charge in [-0.3, -0.25) is 9.69 Å². The number of anilines is 1. The molecule has 3 aromatic rings. The van der Waals surface area contributed by atoms with Crippen LogP contribution in [0.4, 0.5) is 5.69 Å². The highest BCUT2D eigenvalue weighted by atomic mass is 16.5. The molecule has 2 aromatic carbocycles. The standard InChI is InChI=1S/C26H35N5O2/c1-26(2,3)20-8-6-7-9-23(20)33-18-25(32)27-19-10-11-22-21(16-19)28-24(30(22)5)17-31-14-12-29(4)13-15-31/h6-11,16H,12-15,17-18H2,1-5H3,(H,27,32). The van der Waals surface area contributed by atoms with Gasteiger partial charge < -0.3 is 19.5 Å². The Kier molecular flexibility index (Phi) is 6.72. The maximum Gasteiger partial charge on any atom is 0.262 e. The zero-order valence-electron chi connectivity index (χ0n) is 20.4. The summed E-state index contributed by atoms with van der Waals surface area (Å²) in [7, 11) is 4.22. The Labute approximate surface area is 196 Å². The van der Waals surface area contributed by atoms with Crippen molar-refractivity contribution in [2.75, 3.05) is 45.2 Å². The Morgan fingerprint density at radius 3 is 2.52 bits per heavy atom. The fraction of sp³-hybridized carbons (Fsp3) is 0.462. The third-order valence-corrected chi connectivity index (χ3v) is 6.27. The maximum atomic E-state index is 12.6. The smallest absolute Gasteiger partial charge is 0.262 e. The van der Waals surface area contributed by atoms with E-state index in [2.05, 4.69) is 54.6 Å². The minimum Gasteiger partial charge on any atom is -0.483 e. The summed E-state index contributed by atoms with van der Waals surface area (Å²) in [6, 6.07) is 13.7. The van der Waals surface area contributed by atoms with Crippen molar-refractivity contribution in [2.24, 2.45) is 7.05 Å².